The molecular weight excluding hydrogens is 172 g/mol. The van der Waals surface area contributed by atoms with E-state index in [1.54, 1.807) is 0 Å². The van der Waals surface area contributed by atoms with Gasteiger partial charge in [-0.3, -0.25) is 4.79 Å². The summed E-state index contributed by atoms with van der Waals surface area (Å²) in [7, 11) is 0. The molecule has 0 aliphatic carbocycles. The minimum Gasteiger partial charge on any atom is -0.353 e. The molecule has 2 fully saturated rings. The molecule has 0 atom stereocenters. The van der Waals surface area contributed by atoms with Crippen molar-refractivity contribution in [1.29, 1.82) is 0 Å². The number of amides is 1. The van der Waals surface area contributed by atoms with Gasteiger partial charge in [0.1, 0.15) is 0 Å². The standard InChI is InChI=1S/C8H14N2OS/c11-7-5-10-8(6-9-7)1-3-12-4-2-8/h10H,1-6H2,(H,9,11). The molecule has 3 nitrogen and oxygen atoms in total. The van der Waals surface area contributed by atoms with Crippen molar-refractivity contribution in [1.82, 2.24) is 10.6 Å². The lowest BCUT2D eigenvalue weighted by molar-refractivity contribution is -0.122. The van der Waals surface area contributed by atoms with Crippen LogP contribution in [0.5, 0.6) is 0 Å². The molecule has 4 heteroatoms. The van der Waals surface area contributed by atoms with E-state index in [1.165, 1.54) is 24.3 Å². The number of hydrogen-bond acceptors (Lipinski definition) is 3. The monoisotopic (exact) mass is 186 g/mol. The van der Waals surface area contributed by atoms with Crippen molar-refractivity contribution in [2.45, 2.75) is 18.4 Å². The molecule has 0 bridgehead atoms. The average molecular weight is 186 g/mol. The van der Waals surface area contributed by atoms with E-state index in [-0.39, 0.29) is 11.4 Å². The maximum atomic E-state index is 10.9. The number of piperazine rings is 1. The SMILES string of the molecule is O=C1CNC2(CCSCC2)CN1. The maximum Gasteiger partial charge on any atom is 0.234 e. The lowest BCUT2D eigenvalue weighted by Crippen LogP contribution is -2.62. The highest BCUT2D eigenvalue weighted by atomic mass is 32.2. The summed E-state index contributed by atoms with van der Waals surface area (Å²) in [6.07, 6.45) is 2.38. The van der Waals surface area contributed by atoms with Gasteiger partial charge in [0.25, 0.3) is 0 Å². The van der Waals surface area contributed by atoms with Gasteiger partial charge in [0.2, 0.25) is 5.91 Å². The van der Waals surface area contributed by atoms with Crippen LogP contribution in [0.3, 0.4) is 0 Å². The Morgan fingerprint density at radius 3 is 2.67 bits per heavy atom. The van der Waals surface area contributed by atoms with E-state index in [9.17, 15) is 4.79 Å². The summed E-state index contributed by atoms with van der Waals surface area (Å²) in [6, 6.07) is 0. The van der Waals surface area contributed by atoms with E-state index in [0.29, 0.717) is 6.54 Å². The van der Waals surface area contributed by atoms with E-state index in [2.05, 4.69) is 10.6 Å². The summed E-state index contributed by atoms with van der Waals surface area (Å²) in [4.78, 5) is 10.9. The molecule has 2 aliphatic heterocycles. The first-order valence-electron chi connectivity index (χ1n) is 4.40. The molecule has 1 spiro atoms. The molecule has 0 aromatic heterocycles. The molecule has 68 valence electrons. The second kappa shape index (κ2) is 3.26. The van der Waals surface area contributed by atoms with Gasteiger partial charge in [-0.05, 0) is 24.3 Å². The molecule has 0 aromatic carbocycles. The van der Waals surface area contributed by atoms with Crippen molar-refractivity contribution in [3.63, 3.8) is 0 Å². The van der Waals surface area contributed by atoms with E-state index < -0.39 is 0 Å². The van der Waals surface area contributed by atoms with Crippen molar-refractivity contribution in [2.75, 3.05) is 24.6 Å². The molecule has 2 N–H and O–H groups in total. The third kappa shape index (κ3) is 1.59. The van der Waals surface area contributed by atoms with Crippen LogP contribution in [0.15, 0.2) is 0 Å². The number of thioether (sulfide) groups is 1. The molecule has 2 saturated heterocycles. The van der Waals surface area contributed by atoms with Crippen molar-refractivity contribution < 1.29 is 4.79 Å². The van der Waals surface area contributed by atoms with E-state index >= 15 is 0 Å². The Bertz CT molecular complexity index is 177. The lowest BCUT2D eigenvalue weighted by atomic mass is 9.90. The Morgan fingerprint density at radius 2 is 2.08 bits per heavy atom. The zero-order valence-electron chi connectivity index (χ0n) is 7.06. The van der Waals surface area contributed by atoms with Gasteiger partial charge in [-0.1, -0.05) is 0 Å². The Morgan fingerprint density at radius 1 is 1.33 bits per heavy atom. The van der Waals surface area contributed by atoms with E-state index in [1.807, 2.05) is 11.8 Å². The summed E-state index contributed by atoms with van der Waals surface area (Å²) in [6.45, 7) is 1.33. The van der Waals surface area contributed by atoms with Gasteiger partial charge in [0, 0.05) is 12.1 Å². The van der Waals surface area contributed by atoms with Crippen LogP contribution in [0.2, 0.25) is 0 Å². The van der Waals surface area contributed by atoms with Crippen LogP contribution in [-0.2, 0) is 4.79 Å². The fraction of sp³-hybridized carbons (Fsp3) is 0.875. The number of rotatable bonds is 0. The Balaban J connectivity index is 1.96. The third-order valence-corrected chi connectivity index (χ3v) is 3.68. The van der Waals surface area contributed by atoms with E-state index in [4.69, 9.17) is 0 Å². The molecule has 2 heterocycles. The number of nitrogens with one attached hydrogen (secondary N) is 2. The van der Waals surface area contributed by atoms with Gasteiger partial charge in [-0.25, -0.2) is 0 Å². The summed E-state index contributed by atoms with van der Waals surface area (Å²) in [5, 5.41) is 6.29. The second-order valence-corrected chi connectivity index (χ2v) is 4.75. The van der Waals surface area contributed by atoms with Crippen LogP contribution in [0.1, 0.15) is 12.8 Å². The van der Waals surface area contributed by atoms with Crippen LogP contribution < -0.4 is 10.6 Å². The topological polar surface area (TPSA) is 41.1 Å². The molecule has 0 saturated carbocycles. The molecule has 12 heavy (non-hydrogen) atoms. The zero-order chi connectivity index (χ0) is 8.44. The average Bonchev–Trinajstić information content (AvgIpc) is 2.13. The largest absolute Gasteiger partial charge is 0.353 e. The van der Waals surface area contributed by atoms with Crippen LogP contribution in [-0.4, -0.2) is 36.0 Å². The van der Waals surface area contributed by atoms with Crippen molar-refractivity contribution >= 4 is 17.7 Å². The smallest absolute Gasteiger partial charge is 0.234 e. The fourth-order valence-electron chi connectivity index (χ4n) is 1.78. The molecule has 0 radical (unpaired) electrons. The molecule has 2 aliphatic rings. The molecular formula is C8H14N2OS. The molecule has 0 aromatic rings. The van der Waals surface area contributed by atoms with Crippen molar-refractivity contribution in [3.8, 4) is 0 Å². The summed E-state index contributed by atoms with van der Waals surface area (Å²) in [5.74, 6) is 2.59. The maximum absolute atomic E-state index is 10.9. The first-order valence-corrected chi connectivity index (χ1v) is 5.56. The minimum absolute atomic E-state index is 0.138. The van der Waals surface area contributed by atoms with Crippen molar-refractivity contribution in [2.24, 2.45) is 0 Å². The van der Waals surface area contributed by atoms with Gasteiger partial charge < -0.3 is 10.6 Å². The fourth-order valence-corrected chi connectivity index (χ4v) is 3.05. The summed E-state index contributed by atoms with van der Waals surface area (Å²) in [5.41, 5.74) is 0.235. The second-order valence-electron chi connectivity index (χ2n) is 3.52. The van der Waals surface area contributed by atoms with E-state index in [0.717, 1.165) is 6.54 Å². The quantitative estimate of drug-likeness (QED) is 0.558. The van der Waals surface area contributed by atoms with Gasteiger partial charge in [-0.15, -0.1) is 0 Å². The highest BCUT2D eigenvalue weighted by molar-refractivity contribution is 7.99. The summed E-state index contributed by atoms with van der Waals surface area (Å²) >= 11 is 2.01. The van der Waals surface area contributed by atoms with Crippen LogP contribution >= 0.6 is 11.8 Å². The van der Waals surface area contributed by atoms with Crippen molar-refractivity contribution in [3.05, 3.63) is 0 Å². The van der Waals surface area contributed by atoms with Crippen LogP contribution in [0.25, 0.3) is 0 Å². The Kier molecular flexibility index (Phi) is 2.28. The van der Waals surface area contributed by atoms with Gasteiger partial charge in [0.05, 0.1) is 6.54 Å². The van der Waals surface area contributed by atoms with Gasteiger partial charge >= 0.3 is 0 Å². The highest BCUT2D eigenvalue weighted by Crippen LogP contribution is 2.27. The predicted octanol–water partition coefficient (Wildman–Crippen LogP) is -0.0284. The highest BCUT2D eigenvalue weighted by Gasteiger charge is 2.35. The first-order chi connectivity index (χ1) is 5.81. The zero-order valence-corrected chi connectivity index (χ0v) is 7.88. The third-order valence-electron chi connectivity index (χ3n) is 2.70. The molecule has 2 rings (SSSR count). The lowest BCUT2D eigenvalue weighted by Gasteiger charge is -2.40. The first kappa shape index (κ1) is 8.38. The van der Waals surface area contributed by atoms with Crippen LogP contribution in [0.4, 0.5) is 0 Å². The molecule has 0 unspecified atom stereocenters. The molecule has 1 amide bonds. The number of carbonyl (C=O) groups excluding carboxylic acids is 1. The minimum atomic E-state index is 0.138. The number of hydrogen-bond donors (Lipinski definition) is 2. The number of carbonyl (C=O) groups is 1. The summed E-state index contributed by atoms with van der Waals surface area (Å²) < 4.78 is 0. The Hall–Kier alpha value is -0.220. The van der Waals surface area contributed by atoms with Gasteiger partial charge in [0.15, 0.2) is 0 Å². The van der Waals surface area contributed by atoms with Crippen LogP contribution in [0, 0.1) is 0 Å². The Labute approximate surface area is 76.7 Å². The normalized spacial score (nSPS) is 28.5. The van der Waals surface area contributed by atoms with Gasteiger partial charge in [-0.2, -0.15) is 11.8 Å². The predicted molar refractivity (Wildman–Crippen MR) is 50.3 cm³/mol.